The van der Waals surface area contributed by atoms with Crippen molar-refractivity contribution in [2.45, 2.75) is 25.7 Å². The summed E-state index contributed by atoms with van der Waals surface area (Å²) in [5, 5.41) is 3.30. The van der Waals surface area contributed by atoms with E-state index in [-0.39, 0.29) is 0 Å². The van der Waals surface area contributed by atoms with E-state index in [1.165, 1.54) is 25.0 Å². The van der Waals surface area contributed by atoms with Crippen LogP contribution in [0, 0.1) is 5.41 Å². The summed E-state index contributed by atoms with van der Waals surface area (Å²) in [6.07, 6.45) is 7.11. The first-order valence-corrected chi connectivity index (χ1v) is 5.39. The third kappa shape index (κ3) is 1.95. The van der Waals surface area contributed by atoms with Gasteiger partial charge in [0.05, 0.1) is 0 Å². The van der Waals surface area contributed by atoms with Crippen LogP contribution < -0.4 is 5.32 Å². The summed E-state index contributed by atoms with van der Waals surface area (Å²) >= 11 is 0. The Hall–Kier alpha value is -0.890. The first kappa shape index (κ1) is 9.66. The van der Waals surface area contributed by atoms with E-state index in [9.17, 15) is 0 Å². The molecule has 14 heavy (non-hydrogen) atoms. The van der Waals surface area contributed by atoms with Crippen molar-refractivity contribution in [2.75, 3.05) is 13.6 Å². The average molecular weight is 190 g/mol. The minimum atomic E-state index is 0.503. The van der Waals surface area contributed by atoms with E-state index >= 15 is 0 Å². The van der Waals surface area contributed by atoms with E-state index in [0.29, 0.717) is 5.41 Å². The van der Waals surface area contributed by atoms with Gasteiger partial charge in [-0.1, -0.05) is 12.5 Å². The number of aromatic nitrogens is 1. The Labute approximate surface area is 85.7 Å². The zero-order chi connectivity index (χ0) is 9.86. The van der Waals surface area contributed by atoms with E-state index in [0.717, 1.165) is 13.0 Å². The predicted octanol–water partition coefficient (Wildman–Crippen LogP) is 2.01. The molecule has 0 bridgehead atoms. The Morgan fingerprint density at radius 3 is 2.79 bits per heavy atom. The van der Waals surface area contributed by atoms with Crippen LogP contribution in [0.15, 0.2) is 24.4 Å². The molecular weight excluding hydrogens is 172 g/mol. The van der Waals surface area contributed by atoms with Crippen molar-refractivity contribution in [3.8, 4) is 0 Å². The van der Waals surface area contributed by atoms with Gasteiger partial charge in [0, 0.05) is 18.4 Å². The van der Waals surface area contributed by atoms with Gasteiger partial charge >= 0.3 is 0 Å². The van der Waals surface area contributed by atoms with E-state index in [4.69, 9.17) is 0 Å². The molecule has 1 fully saturated rings. The van der Waals surface area contributed by atoms with Crippen molar-refractivity contribution in [2.24, 2.45) is 5.41 Å². The lowest BCUT2D eigenvalue weighted by molar-refractivity contribution is 0.132. The van der Waals surface area contributed by atoms with Crippen molar-refractivity contribution in [1.82, 2.24) is 10.3 Å². The molecule has 2 rings (SSSR count). The molecule has 1 aliphatic rings. The summed E-state index contributed by atoms with van der Waals surface area (Å²) < 4.78 is 0. The lowest BCUT2D eigenvalue weighted by Crippen LogP contribution is -2.40. The first-order chi connectivity index (χ1) is 6.85. The number of hydrogen-bond donors (Lipinski definition) is 1. The minimum absolute atomic E-state index is 0.503. The molecule has 2 heteroatoms. The second kappa shape index (κ2) is 4.09. The molecule has 0 unspecified atom stereocenters. The van der Waals surface area contributed by atoms with Crippen molar-refractivity contribution in [3.05, 3.63) is 30.1 Å². The highest BCUT2D eigenvalue weighted by molar-refractivity contribution is 5.08. The number of hydrogen-bond acceptors (Lipinski definition) is 2. The van der Waals surface area contributed by atoms with Gasteiger partial charge in [0.2, 0.25) is 0 Å². The fourth-order valence-electron chi connectivity index (χ4n) is 2.35. The molecule has 1 aromatic heterocycles. The van der Waals surface area contributed by atoms with E-state index < -0.39 is 0 Å². The maximum Gasteiger partial charge on any atom is 0.0409 e. The second-order valence-electron chi connectivity index (χ2n) is 4.38. The molecule has 1 aliphatic carbocycles. The van der Waals surface area contributed by atoms with Crippen LogP contribution in [0.5, 0.6) is 0 Å². The first-order valence-electron chi connectivity index (χ1n) is 5.39. The summed E-state index contributed by atoms with van der Waals surface area (Å²) in [5.41, 5.74) is 1.74. The van der Waals surface area contributed by atoms with Gasteiger partial charge in [0.1, 0.15) is 0 Å². The van der Waals surface area contributed by atoms with Gasteiger partial charge < -0.3 is 5.32 Å². The van der Waals surface area contributed by atoms with Crippen molar-refractivity contribution < 1.29 is 0 Å². The van der Waals surface area contributed by atoms with Gasteiger partial charge in [-0.25, -0.2) is 0 Å². The molecule has 1 N–H and O–H groups in total. The van der Waals surface area contributed by atoms with Crippen LogP contribution in [-0.4, -0.2) is 18.6 Å². The van der Waals surface area contributed by atoms with Crippen LogP contribution in [0.3, 0.4) is 0 Å². The van der Waals surface area contributed by atoms with Gasteiger partial charge in [0.25, 0.3) is 0 Å². The molecule has 0 spiro atoms. The third-order valence-electron chi connectivity index (χ3n) is 3.25. The van der Waals surface area contributed by atoms with Crippen molar-refractivity contribution in [1.29, 1.82) is 0 Å². The predicted molar refractivity (Wildman–Crippen MR) is 58.2 cm³/mol. The molecule has 0 aromatic carbocycles. The number of nitrogens with one attached hydrogen (secondary N) is 1. The quantitative estimate of drug-likeness (QED) is 0.785. The van der Waals surface area contributed by atoms with E-state index in [2.05, 4.69) is 22.4 Å². The van der Waals surface area contributed by atoms with Crippen LogP contribution in [-0.2, 0) is 6.42 Å². The summed E-state index contributed by atoms with van der Waals surface area (Å²) in [7, 11) is 2.04. The Balaban J connectivity index is 2.01. The Bertz CT molecular complexity index is 278. The van der Waals surface area contributed by atoms with Gasteiger partial charge in [-0.3, -0.25) is 4.98 Å². The standard InChI is InChI=1S/C12H18N2/c1-13-10-12(6-4-7-12)9-11-5-2-3-8-14-11/h2-3,5,8,13H,4,6-7,9-10H2,1H3. The highest BCUT2D eigenvalue weighted by atomic mass is 14.8. The number of nitrogens with zero attached hydrogens (tertiary/aromatic N) is 1. The lowest BCUT2D eigenvalue weighted by Gasteiger charge is -2.41. The van der Waals surface area contributed by atoms with Crippen LogP contribution in [0.2, 0.25) is 0 Å². The smallest absolute Gasteiger partial charge is 0.0409 e. The summed E-state index contributed by atoms with van der Waals surface area (Å²) in [5.74, 6) is 0. The Morgan fingerprint density at radius 1 is 1.43 bits per heavy atom. The van der Waals surface area contributed by atoms with Crippen LogP contribution in [0.25, 0.3) is 0 Å². The number of rotatable bonds is 4. The zero-order valence-electron chi connectivity index (χ0n) is 8.79. The molecular formula is C12H18N2. The molecule has 0 amide bonds. The fraction of sp³-hybridized carbons (Fsp3) is 0.583. The van der Waals surface area contributed by atoms with E-state index in [1.807, 2.05) is 19.3 Å². The van der Waals surface area contributed by atoms with E-state index in [1.54, 1.807) is 0 Å². The molecule has 76 valence electrons. The third-order valence-corrected chi connectivity index (χ3v) is 3.25. The molecule has 0 atom stereocenters. The molecule has 0 aliphatic heterocycles. The van der Waals surface area contributed by atoms with Crippen LogP contribution >= 0.6 is 0 Å². The molecule has 1 saturated carbocycles. The van der Waals surface area contributed by atoms with Gasteiger partial charge in [-0.05, 0) is 43.9 Å². The zero-order valence-corrected chi connectivity index (χ0v) is 8.79. The van der Waals surface area contributed by atoms with Crippen molar-refractivity contribution in [3.63, 3.8) is 0 Å². The van der Waals surface area contributed by atoms with Crippen molar-refractivity contribution >= 4 is 0 Å². The number of pyridine rings is 1. The minimum Gasteiger partial charge on any atom is -0.319 e. The topological polar surface area (TPSA) is 24.9 Å². The summed E-state index contributed by atoms with van der Waals surface area (Å²) in [4.78, 5) is 4.40. The maximum absolute atomic E-state index is 4.40. The largest absolute Gasteiger partial charge is 0.319 e. The monoisotopic (exact) mass is 190 g/mol. The Morgan fingerprint density at radius 2 is 2.29 bits per heavy atom. The Kier molecular flexibility index (Phi) is 2.82. The van der Waals surface area contributed by atoms with Crippen LogP contribution in [0.4, 0.5) is 0 Å². The average Bonchev–Trinajstić information content (AvgIpc) is 2.16. The lowest BCUT2D eigenvalue weighted by atomic mass is 9.66. The fourth-order valence-corrected chi connectivity index (χ4v) is 2.35. The molecule has 0 radical (unpaired) electrons. The van der Waals surface area contributed by atoms with Crippen LogP contribution in [0.1, 0.15) is 25.0 Å². The summed E-state index contributed by atoms with van der Waals surface area (Å²) in [6.45, 7) is 1.13. The molecule has 1 aromatic rings. The summed E-state index contributed by atoms with van der Waals surface area (Å²) in [6, 6.07) is 6.19. The molecule has 2 nitrogen and oxygen atoms in total. The maximum atomic E-state index is 4.40. The second-order valence-corrected chi connectivity index (χ2v) is 4.38. The highest BCUT2D eigenvalue weighted by Crippen LogP contribution is 2.42. The van der Waals surface area contributed by atoms with Gasteiger partial charge in [-0.2, -0.15) is 0 Å². The highest BCUT2D eigenvalue weighted by Gasteiger charge is 2.36. The molecule has 0 saturated heterocycles. The van der Waals surface area contributed by atoms with Gasteiger partial charge in [0.15, 0.2) is 0 Å². The van der Waals surface area contributed by atoms with Gasteiger partial charge in [-0.15, -0.1) is 0 Å². The molecule has 1 heterocycles. The SMILES string of the molecule is CNCC1(Cc2ccccn2)CCC1. The normalized spacial score (nSPS) is 18.9.